The Hall–Kier alpha value is -1.55. The number of ether oxygens (including phenoxy) is 2. The molecule has 29 heavy (non-hydrogen) atoms. The maximum Gasteiger partial charge on any atom is 0.338 e. The fourth-order valence-electron chi connectivity index (χ4n) is 3.02. The molecule has 1 aromatic rings. The molecule has 0 radical (unpaired) electrons. The molecule has 0 unspecified atom stereocenters. The molecule has 0 N–H and O–H groups in total. The largest absolute Gasteiger partial charge is 0.462 e. The maximum absolute atomic E-state index is 12.2. The molecule has 0 fully saturated rings. The molecule has 0 atom stereocenters. The van der Waals surface area contributed by atoms with Crippen molar-refractivity contribution in [3.05, 3.63) is 35.4 Å². The summed E-state index contributed by atoms with van der Waals surface area (Å²) in [5, 5.41) is 0. The monoisotopic (exact) mass is 424 g/mol. The van der Waals surface area contributed by atoms with E-state index in [-0.39, 0.29) is 5.97 Å². The molecule has 0 aromatic heterocycles. The van der Waals surface area contributed by atoms with Crippen LogP contribution in [0.3, 0.4) is 0 Å². The van der Waals surface area contributed by atoms with Crippen LogP contribution in [0.25, 0.3) is 0 Å². The number of halogens is 1. The molecular weight excluding hydrogens is 388 g/mol. The molecule has 0 amide bonds. The van der Waals surface area contributed by atoms with Crippen LogP contribution in [0.5, 0.6) is 0 Å². The van der Waals surface area contributed by atoms with E-state index in [2.05, 4.69) is 13.8 Å². The second kappa shape index (κ2) is 16.3. The molecule has 0 bridgehead atoms. The lowest BCUT2D eigenvalue weighted by Crippen LogP contribution is -2.10. The van der Waals surface area contributed by atoms with Gasteiger partial charge >= 0.3 is 11.9 Å². The smallest absolute Gasteiger partial charge is 0.338 e. The molecule has 0 saturated heterocycles. The highest BCUT2D eigenvalue weighted by Gasteiger charge is 2.12. The average molecular weight is 425 g/mol. The summed E-state index contributed by atoms with van der Waals surface area (Å²) in [7, 11) is 0. The molecular formula is C24H37ClO4. The predicted octanol–water partition coefficient (Wildman–Crippen LogP) is 6.80. The Labute approximate surface area is 181 Å². The van der Waals surface area contributed by atoms with Gasteiger partial charge in [-0.15, -0.1) is 11.6 Å². The highest BCUT2D eigenvalue weighted by molar-refractivity contribution is 6.17. The van der Waals surface area contributed by atoms with E-state index >= 15 is 0 Å². The molecule has 0 saturated carbocycles. The van der Waals surface area contributed by atoms with Crippen LogP contribution in [0.4, 0.5) is 0 Å². The zero-order chi connectivity index (χ0) is 21.3. The van der Waals surface area contributed by atoms with Crippen LogP contribution in [-0.2, 0) is 9.47 Å². The quantitative estimate of drug-likeness (QED) is 0.166. The topological polar surface area (TPSA) is 52.6 Å². The lowest BCUT2D eigenvalue weighted by molar-refractivity contribution is 0.0494. The van der Waals surface area contributed by atoms with Gasteiger partial charge in [0.05, 0.1) is 24.3 Å². The van der Waals surface area contributed by atoms with Crippen LogP contribution in [-0.4, -0.2) is 31.0 Å². The van der Waals surface area contributed by atoms with Crippen LogP contribution in [0.2, 0.25) is 0 Å². The first-order valence-corrected chi connectivity index (χ1v) is 11.6. The normalized spacial score (nSPS) is 10.9. The minimum Gasteiger partial charge on any atom is -0.462 e. The summed E-state index contributed by atoms with van der Waals surface area (Å²) < 4.78 is 10.6. The molecule has 1 aromatic carbocycles. The Morgan fingerprint density at radius 3 is 1.79 bits per heavy atom. The van der Waals surface area contributed by atoms with E-state index < -0.39 is 5.97 Å². The van der Waals surface area contributed by atoms with E-state index in [1.54, 1.807) is 24.3 Å². The Balaban J connectivity index is 2.22. The molecule has 0 aliphatic rings. The van der Waals surface area contributed by atoms with Crippen molar-refractivity contribution in [1.82, 2.24) is 0 Å². The van der Waals surface area contributed by atoms with Crippen LogP contribution >= 0.6 is 11.6 Å². The van der Waals surface area contributed by atoms with Gasteiger partial charge in [-0.05, 0) is 49.8 Å². The number of benzene rings is 1. The van der Waals surface area contributed by atoms with Crippen molar-refractivity contribution in [2.45, 2.75) is 78.1 Å². The van der Waals surface area contributed by atoms with Gasteiger partial charge in [-0.2, -0.15) is 0 Å². The van der Waals surface area contributed by atoms with Gasteiger partial charge in [0.1, 0.15) is 0 Å². The lowest BCUT2D eigenvalue weighted by atomic mass is 10.1. The summed E-state index contributed by atoms with van der Waals surface area (Å²) in [4.78, 5) is 24.3. The standard InChI is InChI=1S/C24H37ClO4/c1-20(2)13-12-18-29-24(27)22-15-11-14-21(19-22)23(26)28-17-10-8-6-4-3-5-7-9-16-25/h11,14-15,19-20H,3-10,12-13,16-18H2,1-2H3. The van der Waals surface area contributed by atoms with E-state index in [1.807, 2.05) is 0 Å². The summed E-state index contributed by atoms with van der Waals surface area (Å²) in [5.41, 5.74) is 0.777. The highest BCUT2D eigenvalue weighted by atomic mass is 35.5. The number of hydrogen-bond acceptors (Lipinski definition) is 4. The number of hydrogen-bond donors (Lipinski definition) is 0. The first-order valence-electron chi connectivity index (χ1n) is 11.0. The van der Waals surface area contributed by atoms with E-state index in [1.165, 1.54) is 25.7 Å². The van der Waals surface area contributed by atoms with Crippen molar-refractivity contribution < 1.29 is 19.1 Å². The maximum atomic E-state index is 12.2. The van der Waals surface area contributed by atoms with Gasteiger partial charge in [0.2, 0.25) is 0 Å². The number of unbranched alkanes of at least 4 members (excludes halogenated alkanes) is 7. The van der Waals surface area contributed by atoms with Gasteiger partial charge in [0.25, 0.3) is 0 Å². The van der Waals surface area contributed by atoms with E-state index in [0.29, 0.717) is 30.3 Å². The zero-order valence-corrected chi connectivity index (χ0v) is 18.8. The second-order valence-electron chi connectivity index (χ2n) is 7.91. The predicted molar refractivity (Wildman–Crippen MR) is 119 cm³/mol. The minimum atomic E-state index is -0.394. The average Bonchev–Trinajstić information content (AvgIpc) is 2.72. The summed E-state index contributed by atoms with van der Waals surface area (Å²) in [6.07, 6.45) is 11.0. The van der Waals surface area contributed by atoms with Gasteiger partial charge in [0.15, 0.2) is 0 Å². The second-order valence-corrected chi connectivity index (χ2v) is 8.28. The summed E-state index contributed by atoms with van der Waals surface area (Å²) in [5.74, 6) is 0.566. The molecule has 0 spiro atoms. The van der Waals surface area contributed by atoms with Crippen LogP contribution in [0.15, 0.2) is 24.3 Å². The van der Waals surface area contributed by atoms with Gasteiger partial charge in [-0.1, -0.05) is 58.4 Å². The number of rotatable bonds is 16. The third-order valence-corrected chi connectivity index (χ3v) is 5.02. The Bertz CT molecular complexity index is 586. The van der Waals surface area contributed by atoms with Crippen LogP contribution in [0, 0.1) is 5.92 Å². The third kappa shape index (κ3) is 12.6. The minimum absolute atomic E-state index is 0.387. The molecule has 4 nitrogen and oxygen atoms in total. The first-order chi connectivity index (χ1) is 14.0. The Morgan fingerprint density at radius 1 is 0.793 bits per heavy atom. The third-order valence-electron chi connectivity index (χ3n) is 4.75. The van der Waals surface area contributed by atoms with E-state index in [4.69, 9.17) is 21.1 Å². The van der Waals surface area contributed by atoms with Crippen molar-refractivity contribution in [1.29, 1.82) is 0 Å². The SMILES string of the molecule is CC(C)CCCOC(=O)c1cccc(C(=O)OCCCCCCCCCCCl)c1. The van der Waals surface area contributed by atoms with Gasteiger partial charge < -0.3 is 9.47 Å². The number of carbonyl (C=O) groups is 2. The molecule has 0 aliphatic carbocycles. The number of esters is 2. The van der Waals surface area contributed by atoms with Crippen molar-refractivity contribution >= 4 is 23.5 Å². The van der Waals surface area contributed by atoms with Crippen molar-refractivity contribution in [3.63, 3.8) is 0 Å². The first kappa shape index (κ1) is 25.5. The fraction of sp³-hybridized carbons (Fsp3) is 0.667. The number of carbonyl (C=O) groups excluding carboxylic acids is 2. The summed E-state index contributed by atoms with van der Waals surface area (Å²) in [6.45, 7) is 5.09. The summed E-state index contributed by atoms with van der Waals surface area (Å²) >= 11 is 5.66. The summed E-state index contributed by atoms with van der Waals surface area (Å²) in [6, 6.07) is 6.56. The molecule has 5 heteroatoms. The van der Waals surface area contributed by atoms with Crippen LogP contribution in [0.1, 0.15) is 98.8 Å². The Kier molecular flexibility index (Phi) is 14.3. The lowest BCUT2D eigenvalue weighted by Gasteiger charge is -2.08. The molecule has 1 rings (SSSR count). The van der Waals surface area contributed by atoms with Crippen molar-refractivity contribution in [2.24, 2.45) is 5.92 Å². The molecule has 0 heterocycles. The van der Waals surface area contributed by atoms with Crippen molar-refractivity contribution in [3.8, 4) is 0 Å². The van der Waals surface area contributed by atoms with Crippen molar-refractivity contribution in [2.75, 3.05) is 19.1 Å². The zero-order valence-electron chi connectivity index (χ0n) is 18.1. The molecule has 164 valence electrons. The molecule has 0 aliphatic heterocycles. The van der Waals surface area contributed by atoms with Gasteiger partial charge in [-0.3, -0.25) is 0 Å². The fourth-order valence-corrected chi connectivity index (χ4v) is 3.21. The Morgan fingerprint density at radius 2 is 1.28 bits per heavy atom. The van der Waals surface area contributed by atoms with E-state index in [9.17, 15) is 9.59 Å². The highest BCUT2D eigenvalue weighted by Crippen LogP contribution is 2.12. The van der Waals surface area contributed by atoms with E-state index in [0.717, 1.165) is 44.4 Å². The van der Waals surface area contributed by atoms with Crippen LogP contribution < -0.4 is 0 Å². The van der Waals surface area contributed by atoms with Gasteiger partial charge in [-0.25, -0.2) is 9.59 Å². The van der Waals surface area contributed by atoms with Gasteiger partial charge in [0, 0.05) is 5.88 Å². The number of alkyl halides is 1.